The van der Waals surface area contributed by atoms with Crippen LogP contribution in [0, 0.1) is 17.7 Å². The van der Waals surface area contributed by atoms with Crippen LogP contribution in [-0.2, 0) is 30.1 Å². The molecule has 0 heterocycles. The van der Waals surface area contributed by atoms with Crippen molar-refractivity contribution >= 4 is 11.6 Å². The second kappa shape index (κ2) is 10.8. The van der Waals surface area contributed by atoms with Gasteiger partial charge in [-0.1, -0.05) is 30.0 Å². The van der Waals surface area contributed by atoms with Crippen molar-refractivity contribution in [3.8, 4) is 11.8 Å². The number of anilines is 1. The molecule has 0 unspecified atom stereocenters. The quantitative estimate of drug-likeness (QED) is 0.342. The van der Waals surface area contributed by atoms with E-state index >= 15 is 0 Å². The van der Waals surface area contributed by atoms with Crippen LogP contribution in [0.15, 0.2) is 66.7 Å². The van der Waals surface area contributed by atoms with Crippen LogP contribution in [-0.4, -0.2) is 12.5 Å². The number of rotatable bonds is 5. The van der Waals surface area contributed by atoms with Gasteiger partial charge in [-0.3, -0.25) is 4.79 Å². The van der Waals surface area contributed by atoms with E-state index < -0.39 is 47.2 Å². The Morgan fingerprint density at radius 2 is 1.58 bits per heavy atom. The first-order valence-electron chi connectivity index (χ1n) is 10.5. The van der Waals surface area contributed by atoms with E-state index in [0.29, 0.717) is 17.7 Å². The van der Waals surface area contributed by atoms with Crippen LogP contribution in [0.5, 0.6) is 0 Å². The number of alkyl halides is 6. The Balaban J connectivity index is 1.94. The summed E-state index contributed by atoms with van der Waals surface area (Å²) in [6, 6.07) is 12.7. The van der Waals surface area contributed by atoms with Crippen LogP contribution in [0.25, 0.3) is 0 Å². The van der Waals surface area contributed by atoms with Gasteiger partial charge in [0.2, 0.25) is 5.91 Å². The Bertz CT molecular complexity index is 1290. The Labute approximate surface area is 202 Å². The molecule has 0 aliphatic heterocycles. The van der Waals surface area contributed by atoms with E-state index in [1.54, 1.807) is 24.3 Å². The first-order valence-corrected chi connectivity index (χ1v) is 10.5. The van der Waals surface area contributed by atoms with Crippen LogP contribution >= 0.6 is 0 Å². The molecule has 0 bridgehead atoms. The minimum atomic E-state index is -5.12. The Morgan fingerprint density at radius 1 is 0.889 bits per heavy atom. The van der Waals surface area contributed by atoms with Crippen molar-refractivity contribution in [1.29, 1.82) is 0 Å². The summed E-state index contributed by atoms with van der Waals surface area (Å²) in [5.74, 6) is 4.12. The Morgan fingerprint density at radius 3 is 2.19 bits per heavy atom. The fourth-order valence-electron chi connectivity index (χ4n) is 3.37. The van der Waals surface area contributed by atoms with E-state index in [0.717, 1.165) is 22.6 Å². The van der Waals surface area contributed by atoms with Gasteiger partial charge in [-0.05, 0) is 59.7 Å². The number of hydrogen-bond donors (Lipinski definition) is 1. The monoisotopic (exact) mass is 508 g/mol. The maximum atomic E-state index is 13.5. The van der Waals surface area contributed by atoms with Gasteiger partial charge in [0.15, 0.2) is 0 Å². The van der Waals surface area contributed by atoms with Crippen LogP contribution < -0.4 is 10.6 Å². The zero-order valence-electron chi connectivity index (χ0n) is 18.6. The molecule has 0 saturated heterocycles. The molecular weight excluding hydrogens is 489 g/mol. The number of halogens is 7. The molecule has 3 rings (SSSR count). The number of carbonyl (C=O) groups is 1. The molecule has 188 valence electrons. The van der Waals surface area contributed by atoms with Crippen LogP contribution in [0.2, 0.25) is 0 Å². The van der Waals surface area contributed by atoms with E-state index in [-0.39, 0.29) is 24.8 Å². The molecule has 10 heteroatoms. The maximum absolute atomic E-state index is 13.5. The van der Waals surface area contributed by atoms with Crippen molar-refractivity contribution in [2.24, 2.45) is 5.73 Å². The van der Waals surface area contributed by atoms with Crippen molar-refractivity contribution in [2.75, 3.05) is 11.4 Å². The summed E-state index contributed by atoms with van der Waals surface area (Å²) in [6.45, 7) is 0.0175. The first kappa shape index (κ1) is 26.8. The zero-order chi connectivity index (χ0) is 26.5. The molecule has 0 aliphatic rings. The molecule has 1 amide bonds. The second-order valence-corrected chi connectivity index (χ2v) is 7.71. The number of carbonyl (C=O) groups excluding carboxylic acids is 1. The van der Waals surface area contributed by atoms with E-state index in [4.69, 9.17) is 5.73 Å². The third-order valence-electron chi connectivity index (χ3n) is 5.16. The normalized spacial score (nSPS) is 11.6. The van der Waals surface area contributed by atoms with Crippen molar-refractivity contribution in [3.05, 3.63) is 100 Å². The minimum Gasteiger partial charge on any atom is -0.326 e. The van der Waals surface area contributed by atoms with E-state index in [1.807, 2.05) is 0 Å². The van der Waals surface area contributed by atoms with Crippen LogP contribution in [0.4, 0.5) is 36.4 Å². The average Bonchev–Trinajstić information content (AvgIpc) is 2.81. The topological polar surface area (TPSA) is 46.3 Å². The standard InChI is InChI=1S/C26H19F7N2O/c27-21-8-10-22(11-9-21)35(12-2-5-17-3-1-4-18(13-17)16-34)24(36)14-19-6-7-20(25(28,29)30)15-23(19)26(31,32)33/h1,3-4,6-11,13,15H,12,14,16,34H2. The number of amides is 1. The molecule has 3 aromatic rings. The van der Waals surface area contributed by atoms with Gasteiger partial charge in [0, 0.05) is 17.8 Å². The van der Waals surface area contributed by atoms with Gasteiger partial charge in [-0.25, -0.2) is 4.39 Å². The summed E-state index contributed by atoms with van der Waals surface area (Å²) >= 11 is 0. The molecule has 36 heavy (non-hydrogen) atoms. The fourth-order valence-corrected chi connectivity index (χ4v) is 3.37. The SMILES string of the molecule is NCc1cccc(C#CCN(C(=O)Cc2ccc(C(F)(F)F)cc2C(F)(F)F)c2ccc(F)cc2)c1. The van der Waals surface area contributed by atoms with Gasteiger partial charge in [0.05, 0.1) is 24.1 Å². The van der Waals surface area contributed by atoms with Crippen molar-refractivity contribution < 1.29 is 35.5 Å². The van der Waals surface area contributed by atoms with E-state index in [2.05, 4.69) is 11.8 Å². The lowest BCUT2D eigenvalue weighted by Gasteiger charge is -2.22. The summed E-state index contributed by atoms with van der Waals surface area (Å²) in [5.41, 5.74) is 3.49. The van der Waals surface area contributed by atoms with Gasteiger partial charge in [0.1, 0.15) is 5.82 Å². The molecule has 0 fully saturated rings. The first-order chi connectivity index (χ1) is 16.9. The summed E-state index contributed by atoms with van der Waals surface area (Å²) < 4.78 is 92.9. The second-order valence-electron chi connectivity index (χ2n) is 7.71. The highest BCUT2D eigenvalue weighted by atomic mass is 19.4. The molecule has 0 spiro atoms. The molecule has 3 nitrogen and oxygen atoms in total. The largest absolute Gasteiger partial charge is 0.416 e. The minimum absolute atomic E-state index is 0.0188. The van der Waals surface area contributed by atoms with Crippen LogP contribution in [0.3, 0.4) is 0 Å². The number of benzene rings is 3. The lowest BCUT2D eigenvalue weighted by atomic mass is 10.00. The third-order valence-corrected chi connectivity index (χ3v) is 5.16. The van der Waals surface area contributed by atoms with Crippen molar-refractivity contribution in [3.63, 3.8) is 0 Å². The smallest absolute Gasteiger partial charge is 0.326 e. The molecule has 0 saturated carbocycles. The molecule has 3 aromatic carbocycles. The summed E-state index contributed by atoms with van der Waals surface area (Å²) in [7, 11) is 0. The highest BCUT2D eigenvalue weighted by Crippen LogP contribution is 2.37. The van der Waals surface area contributed by atoms with Gasteiger partial charge in [-0.15, -0.1) is 0 Å². The molecule has 0 aliphatic carbocycles. The molecule has 0 aromatic heterocycles. The Hall–Kier alpha value is -3.84. The summed E-state index contributed by atoms with van der Waals surface area (Å²) in [5, 5.41) is 0. The average molecular weight is 508 g/mol. The highest BCUT2D eigenvalue weighted by molar-refractivity contribution is 5.95. The van der Waals surface area contributed by atoms with Gasteiger partial charge in [-0.2, -0.15) is 26.3 Å². The predicted molar refractivity (Wildman–Crippen MR) is 120 cm³/mol. The zero-order valence-corrected chi connectivity index (χ0v) is 18.6. The number of nitrogens with zero attached hydrogens (tertiary/aromatic N) is 1. The lowest BCUT2D eigenvalue weighted by Crippen LogP contribution is -2.33. The molecular formula is C26H19F7N2O. The van der Waals surface area contributed by atoms with Crippen molar-refractivity contribution in [1.82, 2.24) is 0 Å². The van der Waals surface area contributed by atoms with Crippen molar-refractivity contribution in [2.45, 2.75) is 25.3 Å². The predicted octanol–water partition coefficient (Wildman–Crippen LogP) is 5.95. The molecule has 0 atom stereocenters. The van der Waals surface area contributed by atoms with Gasteiger partial charge >= 0.3 is 12.4 Å². The molecule has 2 N–H and O–H groups in total. The lowest BCUT2D eigenvalue weighted by molar-refractivity contribution is -0.143. The summed E-state index contributed by atoms with van der Waals surface area (Å²) in [6.07, 6.45) is -11.0. The van der Waals surface area contributed by atoms with Gasteiger partial charge in [0.25, 0.3) is 0 Å². The Kier molecular flexibility index (Phi) is 8.05. The van der Waals surface area contributed by atoms with Gasteiger partial charge < -0.3 is 10.6 Å². The van der Waals surface area contributed by atoms with E-state index in [9.17, 15) is 35.5 Å². The highest BCUT2D eigenvalue weighted by Gasteiger charge is 2.38. The summed E-state index contributed by atoms with van der Waals surface area (Å²) in [4.78, 5) is 14.1. The third kappa shape index (κ3) is 6.86. The number of hydrogen-bond acceptors (Lipinski definition) is 2. The fraction of sp³-hybridized carbons (Fsp3) is 0.192. The number of nitrogens with two attached hydrogens (primary N) is 1. The van der Waals surface area contributed by atoms with E-state index in [1.165, 1.54) is 12.1 Å². The van der Waals surface area contributed by atoms with Crippen LogP contribution in [0.1, 0.15) is 27.8 Å². The molecule has 0 radical (unpaired) electrons. The maximum Gasteiger partial charge on any atom is 0.416 e.